The van der Waals surface area contributed by atoms with Crippen molar-refractivity contribution in [2.24, 2.45) is 11.8 Å². The van der Waals surface area contributed by atoms with Crippen molar-refractivity contribution in [3.8, 4) is 5.75 Å². The molecule has 4 amide bonds. The summed E-state index contributed by atoms with van der Waals surface area (Å²) in [6.07, 6.45) is 5.51. The number of carbonyl (C=O) groups excluding carboxylic acids is 6. The zero-order valence-corrected chi connectivity index (χ0v) is 27.4. The van der Waals surface area contributed by atoms with Crippen LogP contribution in [0.1, 0.15) is 84.6 Å². The van der Waals surface area contributed by atoms with Crippen LogP contribution in [0.25, 0.3) is 0 Å². The highest BCUT2D eigenvalue weighted by atomic mass is 16.5. The van der Waals surface area contributed by atoms with Crippen LogP contribution in [0.15, 0.2) is 24.3 Å². The van der Waals surface area contributed by atoms with Gasteiger partial charge in [-0.3, -0.25) is 28.8 Å². The second-order valence-electron chi connectivity index (χ2n) is 11.9. The van der Waals surface area contributed by atoms with Crippen LogP contribution >= 0.6 is 0 Å². The van der Waals surface area contributed by atoms with Gasteiger partial charge in [-0.05, 0) is 42.4 Å². The number of carboxylic acids is 1. The summed E-state index contributed by atoms with van der Waals surface area (Å²) < 4.78 is 5.08. The molecule has 0 bridgehead atoms. The van der Waals surface area contributed by atoms with Crippen molar-refractivity contribution >= 4 is 41.2 Å². The number of amides is 4. The van der Waals surface area contributed by atoms with E-state index in [0.717, 1.165) is 32.1 Å². The quantitative estimate of drug-likeness (QED) is 0.117. The van der Waals surface area contributed by atoms with E-state index in [9.17, 15) is 38.7 Å². The normalized spacial score (nSPS) is 16.5. The molecule has 0 spiro atoms. The average molecular weight is 645 g/mol. The maximum absolute atomic E-state index is 13.6. The average Bonchev–Trinajstić information content (AvgIpc) is 3.04. The minimum Gasteiger partial charge on any atom is -0.497 e. The van der Waals surface area contributed by atoms with E-state index >= 15 is 0 Å². The molecule has 0 radical (unpaired) electrons. The number of carboxylic acid groups (broad SMARTS) is 1. The Hall–Kier alpha value is -4.29. The third kappa shape index (κ3) is 11.6. The van der Waals surface area contributed by atoms with Crippen molar-refractivity contribution in [1.29, 1.82) is 0 Å². The highest BCUT2D eigenvalue weighted by molar-refractivity contribution is 6.64. The molecule has 13 heteroatoms. The van der Waals surface area contributed by atoms with E-state index in [1.807, 2.05) is 13.8 Å². The lowest BCUT2D eigenvalue weighted by Gasteiger charge is -2.30. The van der Waals surface area contributed by atoms with E-state index in [1.54, 1.807) is 31.2 Å². The zero-order chi connectivity index (χ0) is 34.4. The number of carbonyl (C=O) groups is 7. The SMILES string of the molecule is CCC(NC(=O)[C@H](CC1CCCCC1)NC(=O)[C@@H](NC(C)=O)[C@@H](C)CC)C(=O)C(=O)C(=O)N[C@@H](Cc1ccc(OC)cc1)C(=O)O. The molecule has 0 aliphatic heterocycles. The van der Waals surface area contributed by atoms with Gasteiger partial charge in [0.1, 0.15) is 23.9 Å². The highest BCUT2D eigenvalue weighted by Gasteiger charge is 2.36. The molecule has 0 aromatic heterocycles. The summed E-state index contributed by atoms with van der Waals surface area (Å²) in [5, 5.41) is 19.7. The number of nitrogens with one attached hydrogen (secondary N) is 4. The maximum atomic E-state index is 13.6. The van der Waals surface area contributed by atoms with Gasteiger partial charge in [-0.1, -0.05) is 71.4 Å². The number of ether oxygens (including phenoxy) is 1. The Balaban J connectivity index is 2.16. The summed E-state index contributed by atoms with van der Waals surface area (Å²) in [5.41, 5.74) is 0.547. The van der Waals surface area contributed by atoms with Crippen molar-refractivity contribution in [2.75, 3.05) is 7.11 Å². The van der Waals surface area contributed by atoms with Gasteiger partial charge in [-0.2, -0.15) is 0 Å². The predicted molar refractivity (Wildman–Crippen MR) is 169 cm³/mol. The summed E-state index contributed by atoms with van der Waals surface area (Å²) in [6, 6.07) is 1.65. The Labute approximate surface area is 270 Å². The molecule has 2 rings (SSSR count). The smallest absolute Gasteiger partial charge is 0.326 e. The zero-order valence-electron chi connectivity index (χ0n) is 27.4. The van der Waals surface area contributed by atoms with E-state index in [-0.39, 0.29) is 24.7 Å². The van der Waals surface area contributed by atoms with Crippen LogP contribution in [0.3, 0.4) is 0 Å². The van der Waals surface area contributed by atoms with Crippen LogP contribution < -0.4 is 26.0 Å². The Morgan fingerprint density at radius 3 is 1.96 bits per heavy atom. The van der Waals surface area contributed by atoms with E-state index in [1.165, 1.54) is 14.0 Å². The van der Waals surface area contributed by atoms with E-state index in [0.29, 0.717) is 24.2 Å². The predicted octanol–water partition coefficient (Wildman–Crippen LogP) is 1.85. The lowest BCUT2D eigenvalue weighted by Crippen LogP contribution is -2.58. The number of Topliss-reactive ketones (excluding diaryl/α,β-unsaturated/α-hetero) is 2. The molecule has 1 unspecified atom stereocenters. The Morgan fingerprint density at radius 1 is 0.826 bits per heavy atom. The van der Waals surface area contributed by atoms with Crippen LogP contribution in [0, 0.1) is 11.8 Å². The molecule has 1 saturated carbocycles. The van der Waals surface area contributed by atoms with Gasteiger partial charge in [0.2, 0.25) is 23.5 Å². The van der Waals surface area contributed by atoms with Crippen LogP contribution in [-0.2, 0) is 40.0 Å². The third-order valence-corrected chi connectivity index (χ3v) is 8.45. The second kappa shape index (κ2) is 18.6. The van der Waals surface area contributed by atoms with E-state index < -0.39 is 65.3 Å². The van der Waals surface area contributed by atoms with Gasteiger partial charge in [0.05, 0.1) is 13.2 Å². The number of rotatable bonds is 18. The topological polar surface area (TPSA) is 197 Å². The standard InChI is InChI=1S/C33H48N4O9/c1-6-19(3)27(34-20(4)38)31(42)36-25(17-21-11-9-8-10-12-21)30(41)35-24(7-2)28(39)29(40)32(43)37-26(33(44)45)18-22-13-15-23(46-5)16-14-22/h13-16,19,21,24-27H,6-12,17-18H2,1-5H3,(H,34,38)(H,35,41)(H,36,42)(H,37,43)(H,44,45)/t19-,24?,25-,26-,27-/m0/s1. The van der Waals surface area contributed by atoms with Crippen molar-refractivity contribution < 1.29 is 43.4 Å². The molecule has 0 heterocycles. The van der Waals surface area contributed by atoms with Gasteiger partial charge in [0.15, 0.2) is 0 Å². The van der Waals surface area contributed by atoms with Crippen molar-refractivity contribution in [3.05, 3.63) is 29.8 Å². The number of hydrogen-bond acceptors (Lipinski definition) is 8. The number of aliphatic carboxylic acids is 1. The monoisotopic (exact) mass is 644 g/mol. The first kappa shape index (κ1) is 37.9. The lowest BCUT2D eigenvalue weighted by atomic mass is 9.84. The van der Waals surface area contributed by atoms with Crippen LogP contribution in [0.2, 0.25) is 0 Å². The molecule has 13 nitrogen and oxygen atoms in total. The highest BCUT2D eigenvalue weighted by Crippen LogP contribution is 2.27. The molecule has 1 aromatic carbocycles. The van der Waals surface area contributed by atoms with E-state index in [2.05, 4.69) is 21.3 Å². The fraction of sp³-hybridized carbons (Fsp3) is 0.606. The largest absolute Gasteiger partial charge is 0.497 e. The minimum atomic E-state index is -1.50. The number of ketones is 2. The van der Waals surface area contributed by atoms with Crippen LogP contribution in [-0.4, -0.2) is 77.5 Å². The van der Waals surface area contributed by atoms with Crippen molar-refractivity contribution in [2.45, 2.75) is 110 Å². The molecule has 5 N–H and O–H groups in total. The lowest BCUT2D eigenvalue weighted by molar-refractivity contribution is -0.148. The molecule has 46 heavy (non-hydrogen) atoms. The molecule has 1 aromatic rings. The second-order valence-corrected chi connectivity index (χ2v) is 11.9. The molecule has 5 atom stereocenters. The van der Waals surface area contributed by atoms with Crippen molar-refractivity contribution in [3.63, 3.8) is 0 Å². The van der Waals surface area contributed by atoms with Gasteiger partial charge >= 0.3 is 5.97 Å². The summed E-state index contributed by atoms with van der Waals surface area (Å²) >= 11 is 0. The summed E-state index contributed by atoms with van der Waals surface area (Å²) in [5.74, 6) is -6.65. The Morgan fingerprint density at radius 2 is 1.43 bits per heavy atom. The van der Waals surface area contributed by atoms with Crippen molar-refractivity contribution in [1.82, 2.24) is 21.3 Å². The van der Waals surface area contributed by atoms with Crippen LogP contribution in [0.4, 0.5) is 0 Å². The van der Waals surface area contributed by atoms with Gasteiger partial charge in [-0.15, -0.1) is 0 Å². The van der Waals surface area contributed by atoms with Gasteiger partial charge < -0.3 is 31.1 Å². The fourth-order valence-corrected chi connectivity index (χ4v) is 5.49. The Bertz CT molecular complexity index is 1240. The third-order valence-electron chi connectivity index (χ3n) is 8.45. The number of benzene rings is 1. The van der Waals surface area contributed by atoms with Crippen LogP contribution in [0.5, 0.6) is 5.75 Å². The number of hydrogen-bond donors (Lipinski definition) is 5. The molecule has 1 fully saturated rings. The minimum absolute atomic E-state index is 0.0384. The summed E-state index contributed by atoms with van der Waals surface area (Å²) in [7, 11) is 1.48. The molecular weight excluding hydrogens is 596 g/mol. The maximum Gasteiger partial charge on any atom is 0.326 e. The first-order valence-electron chi connectivity index (χ1n) is 15.9. The fourth-order valence-electron chi connectivity index (χ4n) is 5.49. The number of methoxy groups -OCH3 is 1. The van der Waals surface area contributed by atoms with Gasteiger partial charge in [0.25, 0.3) is 11.7 Å². The molecule has 254 valence electrons. The Kier molecular flexibility index (Phi) is 15.3. The van der Waals surface area contributed by atoms with Gasteiger partial charge in [0, 0.05) is 13.3 Å². The first-order valence-corrected chi connectivity index (χ1v) is 15.9. The first-order chi connectivity index (χ1) is 21.8. The van der Waals surface area contributed by atoms with E-state index in [4.69, 9.17) is 4.74 Å². The summed E-state index contributed by atoms with van der Waals surface area (Å²) in [6.45, 7) is 6.53. The molecular formula is C33H48N4O9. The molecule has 0 saturated heterocycles. The molecule has 1 aliphatic carbocycles. The summed E-state index contributed by atoms with van der Waals surface area (Å²) in [4.78, 5) is 89.2. The van der Waals surface area contributed by atoms with Gasteiger partial charge in [-0.25, -0.2) is 4.79 Å². The molecule has 1 aliphatic rings.